The zero-order valence-electron chi connectivity index (χ0n) is 20.3. The molecule has 3 aliphatic heterocycles. The molecule has 1 unspecified atom stereocenters. The molecule has 1 aromatic carbocycles. The second-order valence-corrected chi connectivity index (χ2v) is 10.8. The summed E-state index contributed by atoms with van der Waals surface area (Å²) in [6, 6.07) is 12.9. The van der Waals surface area contributed by atoms with Crippen molar-refractivity contribution in [2.45, 2.75) is 58.2 Å². The number of rotatable bonds is 6. The van der Waals surface area contributed by atoms with Gasteiger partial charge in [0.2, 0.25) is 5.91 Å². The van der Waals surface area contributed by atoms with Crippen LogP contribution in [0.25, 0.3) is 11.3 Å². The SMILES string of the molecule is CC(C)(C)c1ccc(-c2cn(C[C@H]3C[C@@H]4CCN3C[C@@H]4C(=O)NCc3cccnc3)nn2)cc1. The van der Waals surface area contributed by atoms with Crippen LogP contribution in [-0.2, 0) is 23.3 Å². The maximum Gasteiger partial charge on any atom is 0.224 e. The number of amides is 1. The molecule has 3 saturated heterocycles. The van der Waals surface area contributed by atoms with E-state index in [0.29, 0.717) is 18.5 Å². The highest BCUT2D eigenvalue weighted by molar-refractivity contribution is 5.79. The third-order valence-corrected chi connectivity index (χ3v) is 7.39. The highest BCUT2D eigenvalue weighted by Gasteiger charge is 2.43. The minimum atomic E-state index is 0.0642. The van der Waals surface area contributed by atoms with Crippen LogP contribution in [0.5, 0.6) is 0 Å². The molecule has 7 heteroatoms. The summed E-state index contributed by atoms with van der Waals surface area (Å²) in [7, 11) is 0. The first kappa shape index (κ1) is 22.7. The lowest BCUT2D eigenvalue weighted by atomic mass is 9.75. The van der Waals surface area contributed by atoms with E-state index in [1.807, 2.05) is 23.0 Å². The zero-order valence-corrected chi connectivity index (χ0v) is 20.3. The van der Waals surface area contributed by atoms with Crippen LogP contribution in [0.2, 0.25) is 0 Å². The number of benzene rings is 1. The molecule has 4 atom stereocenters. The third kappa shape index (κ3) is 4.89. The van der Waals surface area contributed by atoms with Crippen LogP contribution < -0.4 is 5.32 Å². The molecular weight excluding hydrogens is 424 g/mol. The minimum absolute atomic E-state index is 0.0642. The molecule has 34 heavy (non-hydrogen) atoms. The van der Waals surface area contributed by atoms with Crippen molar-refractivity contribution < 1.29 is 4.79 Å². The second-order valence-electron chi connectivity index (χ2n) is 10.8. The Labute approximate surface area is 201 Å². The average molecular weight is 459 g/mol. The first-order chi connectivity index (χ1) is 16.4. The molecule has 7 nitrogen and oxygen atoms in total. The molecule has 0 spiro atoms. The molecule has 1 amide bonds. The van der Waals surface area contributed by atoms with Gasteiger partial charge in [0.1, 0.15) is 5.69 Å². The number of pyridine rings is 1. The third-order valence-electron chi connectivity index (χ3n) is 7.39. The molecule has 0 saturated carbocycles. The quantitative estimate of drug-likeness (QED) is 0.610. The number of hydrogen-bond acceptors (Lipinski definition) is 5. The van der Waals surface area contributed by atoms with Gasteiger partial charge in [0.15, 0.2) is 0 Å². The molecule has 3 aromatic rings. The van der Waals surface area contributed by atoms with Crippen molar-refractivity contribution in [2.75, 3.05) is 13.1 Å². The summed E-state index contributed by atoms with van der Waals surface area (Å²) in [6.07, 6.45) is 7.72. The second kappa shape index (κ2) is 9.29. The monoisotopic (exact) mass is 458 g/mol. The lowest BCUT2D eigenvalue weighted by Gasteiger charge is -2.49. The van der Waals surface area contributed by atoms with Gasteiger partial charge in [-0.25, -0.2) is 0 Å². The normalized spacial score (nSPS) is 24.2. The number of nitrogens with zero attached hydrogens (tertiary/aromatic N) is 5. The molecule has 6 rings (SSSR count). The van der Waals surface area contributed by atoms with Gasteiger partial charge in [0.05, 0.1) is 18.7 Å². The Hall–Kier alpha value is -3.06. The van der Waals surface area contributed by atoms with Crippen LogP contribution in [-0.4, -0.2) is 49.9 Å². The zero-order chi connectivity index (χ0) is 23.7. The van der Waals surface area contributed by atoms with Crippen molar-refractivity contribution in [1.29, 1.82) is 0 Å². The summed E-state index contributed by atoms with van der Waals surface area (Å²) in [5, 5.41) is 12.0. The first-order valence-electron chi connectivity index (χ1n) is 12.3. The summed E-state index contributed by atoms with van der Waals surface area (Å²) in [4.78, 5) is 19.5. The first-order valence-corrected chi connectivity index (χ1v) is 12.3. The van der Waals surface area contributed by atoms with Gasteiger partial charge in [-0.15, -0.1) is 5.10 Å². The number of fused-ring (bicyclic) bond motifs is 3. The lowest BCUT2D eigenvalue weighted by molar-refractivity contribution is -0.133. The molecule has 178 valence electrons. The van der Waals surface area contributed by atoms with Gasteiger partial charge >= 0.3 is 0 Å². The van der Waals surface area contributed by atoms with Gasteiger partial charge < -0.3 is 5.32 Å². The maximum absolute atomic E-state index is 12.9. The Morgan fingerprint density at radius 2 is 2.00 bits per heavy atom. The van der Waals surface area contributed by atoms with Crippen LogP contribution in [0.15, 0.2) is 55.0 Å². The number of nitrogens with one attached hydrogen (secondary N) is 1. The fourth-order valence-electron chi connectivity index (χ4n) is 5.32. The van der Waals surface area contributed by atoms with Crippen molar-refractivity contribution in [3.63, 3.8) is 0 Å². The van der Waals surface area contributed by atoms with E-state index in [9.17, 15) is 4.79 Å². The average Bonchev–Trinajstić information content (AvgIpc) is 3.31. The summed E-state index contributed by atoms with van der Waals surface area (Å²) < 4.78 is 1.97. The van der Waals surface area contributed by atoms with Gasteiger partial charge in [0, 0.05) is 37.1 Å². The molecule has 1 N–H and O–H groups in total. The largest absolute Gasteiger partial charge is 0.352 e. The van der Waals surface area contributed by atoms with Crippen LogP contribution in [0, 0.1) is 11.8 Å². The Morgan fingerprint density at radius 3 is 2.68 bits per heavy atom. The van der Waals surface area contributed by atoms with Gasteiger partial charge in [-0.1, -0.05) is 56.3 Å². The van der Waals surface area contributed by atoms with Crippen molar-refractivity contribution in [1.82, 2.24) is 30.2 Å². The summed E-state index contributed by atoms with van der Waals surface area (Å²) in [5.41, 5.74) is 4.48. The number of carbonyl (C=O) groups is 1. The Balaban J connectivity index is 1.18. The predicted molar refractivity (Wildman–Crippen MR) is 132 cm³/mol. The Bertz CT molecular complexity index is 1120. The van der Waals surface area contributed by atoms with Gasteiger partial charge in [-0.2, -0.15) is 0 Å². The minimum Gasteiger partial charge on any atom is -0.352 e. The van der Waals surface area contributed by atoms with E-state index in [2.05, 4.69) is 70.5 Å². The van der Waals surface area contributed by atoms with Crippen molar-refractivity contribution in [3.8, 4) is 11.3 Å². The van der Waals surface area contributed by atoms with E-state index in [-0.39, 0.29) is 17.2 Å². The molecule has 0 aliphatic carbocycles. The summed E-state index contributed by atoms with van der Waals surface area (Å²) in [6.45, 7) is 9.90. The van der Waals surface area contributed by atoms with E-state index in [0.717, 1.165) is 49.3 Å². The van der Waals surface area contributed by atoms with E-state index in [1.165, 1.54) is 5.56 Å². The Morgan fingerprint density at radius 1 is 1.18 bits per heavy atom. The molecule has 0 radical (unpaired) electrons. The van der Waals surface area contributed by atoms with E-state index in [1.54, 1.807) is 12.4 Å². The van der Waals surface area contributed by atoms with E-state index in [4.69, 9.17) is 0 Å². The van der Waals surface area contributed by atoms with Crippen LogP contribution in [0.4, 0.5) is 0 Å². The molecular formula is C27H34N6O. The van der Waals surface area contributed by atoms with Crippen LogP contribution >= 0.6 is 0 Å². The van der Waals surface area contributed by atoms with Gasteiger partial charge in [0.25, 0.3) is 0 Å². The number of hydrogen-bond donors (Lipinski definition) is 1. The van der Waals surface area contributed by atoms with Crippen molar-refractivity contribution in [2.24, 2.45) is 11.8 Å². The van der Waals surface area contributed by atoms with Crippen molar-refractivity contribution in [3.05, 3.63) is 66.1 Å². The van der Waals surface area contributed by atoms with Crippen LogP contribution in [0.1, 0.15) is 44.7 Å². The number of aromatic nitrogens is 4. The standard InChI is InChI=1S/C27H34N6O/c1-27(2,3)22-8-6-20(7-9-22)25-18-33(31-30-25)16-23-13-21-10-12-32(23)17-24(21)26(34)29-15-19-5-4-11-28-14-19/h4-9,11,14,18,21,23-24H,10,12-13,15-17H2,1-3H3,(H,29,34)/t21-,23+,24-/m0/s1. The number of piperidine rings is 3. The maximum atomic E-state index is 12.9. The topological polar surface area (TPSA) is 75.9 Å². The molecule has 2 bridgehead atoms. The van der Waals surface area contributed by atoms with Gasteiger partial charge in [-0.05, 0) is 47.9 Å². The smallest absolute Gasteiger partial charge is 0.224 e. The highest BCUT2D eigenvalue weighted by atomic mass is 16.1. The molecule has 3 fully saturated rings. The predicted octanol–water partition coefficient (Wildman–Crippen LogP) is 3.66. The fourth-order valence-corrected chi connectivity index (χ4v) is 5.32. The fraction of sp³-hybridized carbons (Fsp3) is 0.481. The lowest BCUT2D eigenvalue weighted by Crippen LogP contribution is -2.58. The summed E-state index contributed by atoms with van der Waals surface area (Å²) >= 11 is 0. The number of carbonyl (C=O) groups excluding carboxylic acids is 1. The molecule has 3 aliphatic rings. The van der Waals surface area contributed by atoms with Gasteiger partial charge in [-0.3, -0.25) is 19.4 Å². The molecule has 5 heterocycles. The van der Waals surface area contributed by atoms with E-state index >= 15 is 0 Å². The van der Waals surface area contributed by atoms with Crippen molar-refractivity contribution >= 4 is 5.91 Å². The van der Waals surface area contributed by atoms with Crippen LogP contribution in [0.3, 0.4) is 0 Å². The highest BCUT2D eigenvalue weighted by Crippen LogP contribution is 2.37. The van der Waals surface area contributed by atoms with E-state index < -0.39 is 0 Å². The molecule has 2 aromatic heterocycles. The summed E-state index contributed by atoms with van der Waals surface area (Å²) in [5.74, 6) is 0.657. The Kier molecular flexibility index (Phi) is 6.21.